The van der Waals surface area contributed by atoms with E-state index in [1.54, 1.807) is 18.5 Å². The number of amides is 2. The molecule has 0 aliphatic carbocycles. The molecule has 0 saturated carbocycles. The van der Waals surface area contributed by atoms with Crippen LogP contribution >= 0.6 is 0 Å². The summed E-state index contributed by atoms with van der Waals surface area (Å²) in [5.41, 5.74) is 0.557. The molecule has 4 nitrogen and oxygen atoms in total. The van der Waals surface area contributed by atoms with Gasteiger partial charge in [0.2, 0.25) is 0 Å². The van der Waals surface area contributed by atoms with Crippen molar-refractivity contribution < 1.29 is 4.79 Å². The molecule has 0 spiro atoms. The fraction of sp³-hybridized carbons (Fsp3) is 0.500. The number of rotatable bonds is 4. The van der Waals surface area contributed by atoms with Crippen molar-refractivity contribution in [1.82, 2.24) is 10.3 Å². The second-order valence-corrected chi connectivity index (χ2v) is 4.09. The molecule has 0 unspecified atom stereocenters. The van der Waals surface area contributed by atoms with Crippen molar-refractivity contribution in [2.75, 3.05) is 5.32 Å². The van der Waals surface area contributed by atoms with E-state index in [1.807, 2.05) is 13.0 Å². The first-order valence-corrected chi connectivity index (χ1v) is 5.59. The molecule has 1 heterocycles. The highest BCUT2D eigenvalue weighted by Crippen LogP contribution is 2.13. The zero-order valence-corrected chi connectivity index (χ0v) is 10.1. The Morgan fingerprint density at radius 3 is 2.62 bits per heavy atom. The van der Waals surface area contributed by atoms with Crippen molar-refractivity contribution in [1.29, 1.82) is 0 Å². The summed E-state index contributed by atoms with van der Waals surface area (Å²) >= 11 is 0. The molecule has 4 heteroatoms. The number of nitrogens with one attached hydrogen (secondary N) is 2. The molecule has 0 saturated heterocycles. The highest BCUT2D eigenvalue weighted by atomic mass is 16.2. The molecule has 16 heavy (non-hydrogen) atoms. The normalized spacial score (nSPS) is 10.9. The number of hydrogen-bond acceptors (Lipinski definition) is 2. The Hall–Kier alpha value is -1.58. The lowest BCUT2D eigenvalue weighted by molar-refractivity contribution is 0.236. The van der Waals surface area contributed by atoms with E-state index in [0.29, 0.717) is 5.69 Å². The van der Waals surface area contributed by atoms with Gasteiger partial charge in [-0.2, -0.15) is 0 Å². The van der Waals surface area contributed by atoms with E-state index in [2.05, 4.69) is 29.5 Å². The summed E-state index contributed by atoms with van der Waals surface area (Å²) in [7, 11) is 0. The monoisotopic (exact) mass is 221 g/mol. The Balaban J connectivity index is 2.54. The van der Waals surface area contributed by atoms with Crippen LogP contribution in [-0.2, 0) is 0 Å². The van der Waals surface area contributed by atoms with Gasteiger partial charge in [-0.25, -0.2) is 4.79 Å². The van der Waals surface area contributed by atoms with Gasteiger partial charge in [0.25, 0.3) is 0 Å². The van der Waals surface area contributed by atoms with E-state index in [-0.39, 0.29) is 11.6 Å². The molecule has 2 N–H and O–H groups in total. The average molecular weight is 221 g/mol. The number of carbonyl (C=O) groups excluding carboxylic acids is 1. The van der Waals surface area contributed by atoms with Crippen molar-refractivity contribution in [2.45, 2.75) is 39.2 Å². The topological polar surface area (TPSA) is 54.0 Å². The third-order valence-corrected chi connectivity index (χ3v) is 2.90. The fourth-order valence-corrected chi connectivity index (χ4v) is 1.30. The SMILES string of the molecule is CCC(C)(CC)NC(=O)Nc1cccnc1. The van der Waals surface area contributed by atoms with Crippen LogP contribution in [0.25, 0.3) is 0 Å². The molecule has 1 aromatic rings. The van der Waals surface area contributed by atoms with Gasteiger partial charge in [-0.3, -0.25) is 4.98 Å². The largest absolute Gasteiger partial charge is 0.333 e. The molecule has 0 aromatic carbocycles. The van der Waals surface area contributed by atoms with Crippen LogP contribution < -0.4 is 10.6 Å². The number of pyridine rings is 1. The minimum Gasteiger partial charge on any atom is -0.333 e. The molecule has 0 atom stereocenters. The van der Waals surface area contributed by atoms with Gasteiger partial charge in [-0.15, -0.1) is 0 Å². The smallest absolute Gasteiger partial charge is 0.319 e. The predicted octanol–water partition coefficient (Wildman–Crippen LogP) is 2.78. The van der Waals surface area contributed by atoms with E-state index in [0.717, 1.165) is 12.8 Å². The molecule has 2 amide bonds. The van der Waals surface area contributed by atoms with Gasteiger partial charge < -0.3 is 10.6 Å². The highest BCUT2D eigenvalue weighted by molar-refractivity contribution is 5.89. The molecule has 1 rings (SSSR count). The molecule has 0 fully saturated rings. The molecule has 0 aliphatic heterocycles. The quantitative estimate of drug-likeness (QED) is 0.821. The van der Waals surface area contributed by atoms with E-state index in [9.17, 15) is 4.79 Å². The van der Waals surface area contributed by atoms with Crippen molar-refractivity contribution in [3.8, 4) is 0 Å². The number of aromatic nitrogens is 1. The van der Waals surface area contributed by atoms with E-state index in [4.69, 9.17) is 0 Å². The van der Waals surface area contributed by atoms with Gasteiger partial charge in [0, 0.05) is 11.7 Å². The zero-order chi connectivity index (χ0) is 12.0. The Bertz CT molecular complexity index is 333. The Morgan fingerprint density at radius 2 is 2.12 bits per heavy atom. The molecule has 0 radical (unpaired) electrons. The van der Waals surface area contributed by atoms with Gasteiger partial charge in [-0.05, 0) is 31.9 Å². The first-order chi connectivity index (χ1) is 7.59. The summed E-state index contributed by atoms with van der Waals surface area (Å²) in [4.78, 5) is 15.6. The van der Waals surface area contributed by atoms with Crippen LogP contribution in [0.3, 0.4) is 0 Å². The standard InChI is InChI=1S/C12H19N3O/c1-4-12(3,5-2)15-11(16)14-10-7-6-8-13-9-10/h6-9H,4-5H2,1-3H3,(H2,14,15,16). The second-order valence-electron chi connectivity index (χ2n) is 4.09. The number of hydrogen-bond donors (Lipinski definition) is 2. The lowest BCUT2D eigenvalue weighted by atomic mass is 9.96. The maximum absolute atomic E-state index is 11.7. The third-order valence-electron chi connectivity index (χ3n) is 2.90. The summed E-state index contributed by atoms with van der Waals surface area (Å²) in [5, 5.41) is 5.72. The lowest BCUT2D eigenvalue weighted by Gasteiger charge is -2.28. The average Bonchev–Trinajstić information content (AvgIpc) is 2.30. The van der Waals surface area contributed by atoms with Crippen molar-refractivity contribution in [2.24, 2.45) is 0 Å². The number of nitrogens with zero attached hydrogens (tertiary/aromatic N) is 1. The predicted molar refractivity (Wildman–Crippen MR) is 65.4 cm³/mol. The molecule has 88 valence electrons. The highest BCUT2D eigenvalue weighted by Gasteiger charge is 2.21. The molecular formula is C12H19N3O. The summed E-state index contributed by atoms with van der Waals surface area (Å²) in [6.45, 7) is 6.16. The van der Waals surface area contributed by atoms with Gasteiger partial charge in [-0.1, -0.05) is 13.8 Å². The van der Waals surface area contributed by atoms with Crippen LogP contribution in [0, 0.1) is 0 Å². The van der Waals surface area contributed by atoms with E-state index >= 15 is 0 Å². The van der Waals surface area contributed by atoms with Crippen molar-refractivity contribution >= 4 is 11.7 Å². The first kappa shape index (κ1) is 12.5. The van der Waals surface area contributed by atoms with Crippen LogP contribution in [0.2, 0.25) is 0 Å². The minimum absolute atomic E-state index is 0.147. The van der Waals surface area contributed by atoms with Crippen LogP contribution in [0.5, 0.6) is 0 Å². The van der Waals surface area contributed by atoms with Crippen LogP contribution in [-0.4, -0.2) is 16.6 Å². The molecule has 1 aromatic heterocycles. The van der Waals surface area contributed by atoms with Crippen molar-refractivity contribution in [3.05, 3.63) is 24.5 Å². The molecule has 0 aliphatic rings. The molecular weight excluding hydrogens is 202 g/mol. The molecule has 0 bridgehead atoms. The van der Waals surface area contributed by atoms with Gasteiger partial charge in [0.15, 0.2) is 0 Å². The van der Waals surface area contributed by atoms with Crippen molar-refractivity contribution in [3.63, 3.8) is 0 Å². The minimum atomic E-state index is -0.181. The number of urea groups is 1. The first-order valence-electron chi connectivity index (χ1n) is 5.59. The number of carbonyl (C=O) groups is 1. The Kier molecular flexibility index (Phi) is 4.28. The van der Waals surface area contributed by atoms with E-state index in [1.165, 1.54) is 0 Å². The summed E-state index contributed by atoms with van der Waals surface area (Å²) < 4.78 is 0. The number of anilines is 1. The van der Waals surface area contributed by atoms with Gasteiger partial charge in [0.1, 0.15) is 0 Å². The van der Waals surface area contributed by atoms with E-state index < -0.39 is 0 Å². The zero-order valence-electron chi connectivity index (χ0n) is 10.1. The Morgan fingerprint density at radius 1 is 1.44 bits per heavy atom. The maximum atomic E-state index is 11.7. The summed E-state index contributed by atoms with van der Waals surface area (Å²) in [5.74, 6) is 0. The Labute approximate surface area is 96.5 Å². The summed E-state index contributed by atoms with van der Waals surface area (Å²) in [6, 6.07) is 3.41. The maximum Gasteiger partial charge on any atom is 0.319 e. The van der Waals surface area contributed by atoms with Crippen LogP contribution in [0.4, 0.5) is 10.5 Å². The fourth-order valence-electron chi connectivity index (χ4n) is 1.30. The third kappa shape index (κ3) is 3.53. The van der Waals surface area contributed by atoms with Crippen LogP contribution in [0.1, 0.15) is 33.6 Å². The van der Waals surface area contributed by atoms with Gasteiger partial charge >= 0.3 is 6.03 Å². The second kappa shape index (κ2) is 5.49. The lowest BCUT2D eigenvalue weighted by Crippen LogP contribution is -2.46. The van der Waals surface area contributed by atoms with Gasteiger partial charge in [0.05, 0.1) is 11.9 Å². The van der Waals surface area contributed by atoms with Crippen LogP contribution in [0.15, 0.2) is 24.5 Å². The summed E-state index contributed by atoms with van der Waals surface area (Å²) in [6.07, 6.45) is 5.11.